The molecule has 0 N–H and O–H groups in total. The van der Waals surface area contributed by atoms with Gasteiger partial charge in [0.15, 0.2) is 5.82 Å². The second-order valence-electron chi connectivity index (χ2n) is 6.51. The molecule has 4 aromatic rings. The van der Waals surface area contributed by atoms with Gasteiger partial charge in [0.1, 0.15) is 35.2 Å². The highest BCUT2D eigenvalue weighted by atomic mass is 16.5. The second-order valence-corrected chi connectivity index (χ2v) is 6.51. The summed E-state index contributed by atoms with van der Waals surface area (Å²) in [7, 11) is 3.33. The summed E-state index contributed by atoms with van der Waals surface area (Å²) in [5.74, 6) is 2.43. The van der Waals surface area contributed by atoms with Crippen molar-refractivity contribution < 1.29 is 9.47 Å². The molecule has 2 heterocycles. The molecule has 0 unspecified atom stereocenters. The number of fused-ring (bicyclic) bond motifs is 1. The Hall–Kier alpha value is -3.74. The average molecular weight is 387 g/mol. The molecule has 0 bridgehead atoms. The van der Waals surface area contributed by atoms with Crippen LogP contribution in [0.2, 0.25) is 0 Å². The van der Waals surface area contributed by atoms with Crippen molar-refractivity contribution in [3.8, 4) is 11.5 Å². The molecule has 0 radical (unpaired) electrons. The fourth-order valence-corrected chi connectivity index (χ4v) is 3.14. The Balaban J connectivity index is 1.70. The molecular formula is C22H21N5O2. The number of ether oxygens (including phenoxy) is 2. The smallest absolute Gasteiger partial charge is 0.159 e. The summed E-state index contributed by atoms with van der Waals surface area (Å²) in [6.07, 6.45) is 4.77. The van der Waals surface area contributed by atoms with Gasteiger partial charge in [-0.15, -0.1) is 0 Å². The Morgan fingerprint density at radius 1 is 0.724 bits per heavy atom. The van der Waals surface area contributed by atoms with E-state index in [1.165, 1.54) is 6.33 Å². The van der Waals surface area contributed by atoms with Gasteiger partial charge in [-0.1, -0.05) is 24.3 Å². The first-order valence-corrected chi connectivity index (χ1v) is 9.18. The number of hydrogen-bond acceptors (Lipinski definition) is 7. The zero-order valence-electron chi connectivity index (χ0n) is 16.3. The number of nitrogens with zero attached hydrogens (tertiary/aromatic N) is 5. The van der Waals surface area contributed by atoms with E-state index >= 15 is 0 Å². The third-order valence-electron chi connectivity index (χ3n) is 4.65. The third kappa shape index (κ3) is 4.24. The lowest BCUT2D eigenvalue weighted by atomic mass is 10.1. The summed E-state index contributed by atoms with van der Waals surface area (Å²) >= 11 is 0. The van der Waals surface area contributed by atoms with E-state index in [0.717, 1.165) is 34.0 Å². The van der Waals surface area contributed by atoms with Gasteiger partial charge in [-0.05, 0) is 35.4 Å². The van der Waals surface area contributed by atoms with Crippen molar-refractivity contribution in [2.75, 3.05) is 19.1 Å². The quantitative estimate of drug-likeness (QED) is 0.479. The van der Waals surface area contributed by atoms with Gasteiger partial charge < -0.3 is 14.4 Å². The molecule has 0 aliphatic carbocycles. The molecule has 0 atom stereocenters. The van der Waals surface area contributed by atoms with Crippen LogP contribution in [0.15, 0.2) is 67.4 Å². The number of rotatable bonds is 7. The number of aromatic nitrogens is 4. The molecule has 0 amide bonds. The van der Waals surface area contributed by atoms with Gasteiger partial charge in [0.05, 0.1) is 20.4 Å². The fraction of sp³-hybridized carbons (Fsp3) is 0.182. The fourth-order valence-electron chi connectivity index (χ4n) is 3.14. The minimum Gasteiger partial charge on any atom is -0.497 e. The number of benzene rings is 2. The average Bonchev–Trinajstić information content (AvgIpc) is 2.79. The van der Waals surface area contributed by atoms with Crippen molar-refractivity contribution >= 4 is 16.9 Å². The summed E-state index contributed by atoms with van der Waals surface area (Å²) in [5.41, 5.74) is 3.72. The molecule has 0 fully saturated rings. The van der Waals surface area contributed by atoms with Gasteiger partial charge in [0, 0.05) is 13.1 Å². The molecule has 0 saturated heterocycles. The van der Waals surface area contributed by atoms with E-state index in [4.69, 9.17) is 9.47 Å². The molecule has 2 aromatic heterocycles. The van der Waals surface area contributed by atoms with Crippen molar-refractivity contribution in [2.45, 2.75) is 13.1 Å². The van der Waals surface area contributed by atoms with Crippen molar-refractivity contribution in [3.05, 3.63) is 78.5 Å². The molecule has 0 spiro atoms. The second kappa shape index (κ2) is 8.52. The first-order valence-electron chi connectivity index (χ1n) is 9.18. The van der Waals surface area contributed by atoms with Gasteiger partial charge in [0.2, 0.25) is 0 Å². The largest absolute Gasteiger partial charge is 0.497 e. The Bertz CT molecular complexity index is 1030. The van der Waals surface area contributed by atoms with E-state index in [1.807, 2.05) is 24.3 Å². The molecule has 146 valence electrons. The van der Waals surface area contributed by atoms with Crippen molar-refractivity contribution in [3.63, 3.8) is 0 Å². The Kier molecular flexibility index (Phi) is 5.47. The Morgan fingerprint density at radius 2 is 1.31 bits per heavy atom. The van der Waals surface area contributed by atoms with Crippen molar-refractivity contribution in [1.82, 2.24) is 19.9 Å². The normalized spacial score (nSPS) is 10.7. The van der Waals surface area contributed by atoms with Crippen LogP contribution in [0.5, 0.6) is 11.5 Å². The lowest BCUT2D eigenvalue weighted by molar-refractivity contribution is 0.414. The van der Waals surface area contributed by atoms with Gasteiger partial charge in [-0.3, -0.25) is 0 Å². The number of hydrogen-bond donors (Lipinski definition) is 0. The summed E-state index contributed by atoms with van der Waals surface area (Å²) in [4.78, 5) is 19.5. The lowest BCUT2D eigenvalue weighted by Gasteiger charge is -2.25. The lowest BCUT2D eigenvalue weighted by Crippen LogP contribution is -2.24. The van der Waals surface area contributed by atoms with Crippen LogP contribution >= 0.6 is 0 Å². The maximum Gasteiger partial charge on any atom is 0.159 e. The molecule has 2 aromatic carbocycles. The third-order valence-corrected chi connectivity index (χ3v) is 4.65. The minimum absolute atomic E-state index is 0.659. The van der Waals surface area contributed by atoms with E-state index in [-0.39, 0.29) is 0 Å². The van der Waals surface area contributed by atoms with Crippen LogP contribution in [0.3, 0.4) is 0 Å². The number of anilines is 1. The maximum absolute atomic E-state index is 5.27. The van der Waals surface area contributed by atoms with Crippen LogP contribution in [0.4, 0.5) is 5.82 Å². The van der Waals surface area contributed by atoms with Crippen LogP contribution in [0, 0.1) is 0 Å². The molecule has 0 aliphatic heterocycles. The number of methoxy groups -OCH3 is 2. The van der Waals surface area contributed by atoms with E-state index in [9.17, 15) is 0 Å². The zero-order chi connectivity index (χ0) is 20.1. The summed E-state index contributed by atoms with van der Waals surface area (Å²) in [5, 5.41) is 0. The Morgan fingerprint density at radius 3 is 1.86 bits per heavy atom. The monoisotopic (exact) mass is 387 g/mol. The van der Waals surface area contributed by atoms with Gasteiger partial charge in [-0.25, -0.2) is 19.9 Å². The first kappa shape index (κ1) is 18.6. The highest BCUT2D eigenvalue weighted by Crippen LogP contribution is 2.25. The molecule has 4 rings (SSSR count). The summed E-state index contributed by atoms with van der Waals surface area (Å²) in [6, 6.07) is 16.1. The van der Waals surface area contributed by atoms with Crippen LogP contribution in [-0.2, 0) is 13.1 Å². The van der Waals surface area contributed by atoms with Gasteiger partial charge >= 0.3 is 0 Å². The molecule has 29 heavy (non-hydrogen) atoms. The van der Waals surface area contributed by atoms with E-state index < -0.39 is 0 Å². The predicted molar refractivity (Wildman–Crippen MR) is 111 cm³/mol. The predicted octanol–water partition coefficient (Wildman–Crippen LogP) is 3.64. The highest BCUT2D eigenvalue weighted by molar-refractivity contribution is 5.84. The van der Waals surface area contributed by atoms with Crippen molar-refractivity contribution in [1.29, 1.82) is 0 Å². The standard InChI is InChI=1S/C22H21N5O2/c1-28-18-7-3-16(4-8-18)12-27(13-17-5-9-19(29-2)10-6-17)22-21-20(24-15-26-22)11-23-14-25-21/h3-11,14-15H,12-13H2,1-2H3. The minimum atomic E-state index is 0.659. The zero-order valence-corrected chi connectivity index (χ0v) is 16.3. The molecule has 0 aliphatic rings. The Labute approximate surface area is 169 Å². The van der Waals surface area contributed by atoms with E-state index in [0.29, 0.717) is 18.6 Å². The van der Waals surface area contributed by atoms with Crippen molar-refractivity contribution in [2.24, 2.45) is 0 Å². The summed E-state index contributed by atoms with van der Waals surface area (Å²) < 4.78 is 10.5. The van der Waals surface area contributed by atoms with Crippen LogP contribution in [-0.4, -0.2) is 34.2 Å². The molecular weight excluding hydrogens is 366 g/mol. The van der Waals surface area contributed by atoms with E-state index in [1.54, 1.807) is 26.7 Å². The highest BCUT2D eigenvalue weighted by Gasteiger charge is 2.15. The SMILES string of the molecule is COc1ccc(CN(Cc2ccc(OC)cc2)c2ncnc3cncnc23)cc1. The van der Waals surface area contributed by atoms with Crippen LogP contribution < -0.4 is 14.4 Å². The topological polar surface area (TPSA) is 73.3 Å². The van der Waals surface area contributed by atoms with E-state index in [2.05, 4.69) is 49.1 Å². The van der Waals surface area contributed by atoms with Gasteiger partial charge in [0.25, 0.3) is 0 Å². The molecule has 7 nitrogen and oxygen atoms in total. The van der Waals surface area contributed by atoms with Crippen LogP contribution in [0.1, 0.15) is 11.1 Å². The van der Waals surface area contributed by atoms with Crippen LogP contribution in [0.25, 0.3) is 11.0 Å². The maximum atomic E-state index is 5.27. The first-order chi connectivity index (χ1) is 14.3. The van der Waals surface area contributed by atoms with Gasteiger partial charge in [-0.2, -0.15) is 0 Å². The molecule has 0 saturated carbocycles. The molecule has 7 heteroatoms. The summed E-state index contributed by atoms with van der Waals surface area (Å²) in [6.45, 7) is 1.32.